The highest BCUT2D eigenvalue weighted by atomic mass is 19.3. The first-order valence-corrected chi connectivity index (χ1v) is 2.51. The first-order chi connectivity index (χ1) is 4.75. The third-order valence-corrected chi connectivity index (χ3v) is 1.01. The normalized spacial score (nSPS) is 9.80. The van der Waals surface area contributed by atoms with Gasteiger partial charge < -0.3 is 4.42 Å². The van der Waals surface area contributed by atoms with Crippen LogP contribution < -0.4 is 0 Å². The molecule has 1 aromatic rings. The third kappa shape index (κ3) is 0.982. The van der Waals surface area contributed by atoms with Crippen LogP contribution in [0.3, 0.4) is 0 Å². The van der Waals surface area contributed by atoms with E-state index in [1.807, 2.05) is 0 Å². The Balaban J connectivity index is 3.05. The molecule has 0 aromatic carbocycles. The van der Waals surface area contributed by atoms with Crippen LogP contribution in [0, 0.1) is 11.3 Å². The lowest BCUT2D eigenvalue weighted by atomic mass is 10.3. The van der Waals surface area contributed by atoms with E-state index < -0.39 is 12.2 Å². The number of hydrogen-bond donors (Lipinski definition) is 0. The molecule has 0 aliphatic heterocycles. The van der Waals surface area contributed by atoms with Crippen molar-refractivity contribution in [2.75, 3.05) is 0 Å². The Morgan fingerprint density at radius 1 is 1.60 bits per heavy atom. The number of nitriles is 1. The van der Waals surface area contributed by atoms with E-state index in [9.17, 15) is 8.78 Å². The molecule has 1 rings (SSSR count). The maximum atomic E-state index is 11.8. The van der Waals surface area contributed by atoms with E-state index in [1.165, 1.54) is 6.07 Å². The van der Waals surface area contributed by atoms with Crippen molar-refractivity contribution in [3.8, 4) is 6.07 Å². The van der Waals surface area contributed by atoms with Gasteiger partial charge in [0.15, 0.2) is 5.76 Å². The highest BCUT2D eigenvalue weighted by molar-refractivity contribution is 5.31. The molecule has 1 heterocycles. The van der Waals surface area contributed by atoms with E-state index in [2.05, 4.69) is 4.42 Å². The SMILES string of the molecule is N#Cc1ccoc1C(F)F. The number of alkyl halides is 2. The molecule has 0 unspecified atom stereocenters. The number of rotatable bonds is 1. The van der Waals surface area contributed by atoms with Gasteiger partial charge in [-0.3, -0.25) is 0 Å². The molecule has 0 N–H and O–H groups in total. The largest absolute Gasteiger partial charge is 0.462 e. The van der Waals surface area contributed by atoms with Crippen LogP contribution in [0.1, 0.15) is 17.7 Å². The van der Waals surface area contributed by atoms with E-state index in [0.29, 0.717) is 0 Å². The van der Waals surface area contributed by atoms with E-state index in [1.54, 1.807) is 6.07 Å². The fourth-order valence-electron chi connectivity index (χ4n) is 0.582. The van der Waals surface area contributed by atoms with Gasteiger partial charge in [0.1, 0.15) is 6.07 Å². The number of hydrogen-bond acceptors (Lipinski definition) is 2. The van der Waals surface area contributed by atoms with Crippen molar-refractivity contribution in [1.29, 1.82) is 5.26 Å². The zero-order chi connectivity index (χ0) is 7.56. The lowest BCUT2D eigenvalue weighted by Gasteiger charge is -1.90. The predicted molar refractivity (Wildman–Crippen MR) is 28.4 cm³/mol. The second kappa shape index (κ2) is 2.48. The smallest absolute Gasteiger partial charge is 0.296 e. The fourth-order valence-corrected chi connectivity index (χ4v) is 0.582. The molecular weight excluding hydrogens is 140 g/mol. The summed E-state index contributed by atoms with van der Waals surface area (Å²) < 4.78 is 28.0. The average molecular weight is 143 g/mol. The molecule has 0 amide bonds. The first kappa shape index (κ1) is 6.75. The summed E-state index contributed by atoms with van der Waals surface area (Å²) >= 11 is 0. The Hall–Kier alpha value is -1.37. The molecule has 10 heavy (non-hydrogen) atoms. The topological polar surface area (TPSA) is 36.9 Å². The highest BCUT2D eigenvalue weighted by Gasteiger charge is 2.15. The lowest BCUT2D eigenvalue weighted by Crippen LogP contribution is -1.82. The van der Waals surface area contributed by atoms with Gasteiger partial charge in [-0.1, -0.05) is 0 Å². The minimum Gasteiger partial charge on any atom is -0.462 e. The maximum Gasteiger partial charge on any atom is 0.296 e. The monoisotopic (exact) mass is 143 g/mol. The number of nitrogens with zero attached hydrogens (tertiary/aromatic N) is 1. The van der Waals surface area contributed by atoms with Crippen LogP contribution in [0.4, 0.5) is 8.78 Å². The summed E-state index contributed by atoms with van der Waals surface area (Å²) in [5.74, 6) is -0.553. The minimum absolute atomic E-state index is 0.102. The molecule has 0 radical (unpaired) electrons. The number of halogens is 2. The van der Waals surface area contributed by atoms with Gasteiger partial charge in [-0.25, -0.2) is 8.78 Å². The summed E-state index contributed by atoms with van der Waals surface area (Å²) in [5.41, 5.74) is -0.102. The van der Waals surface area contributed by atoms with Crippen LogP contribution in [-0.4, -0.2) is 0 Å². The number of furan rings is 1. The van der Waals surface area contributed by atoms with Gasteiger partial charge >= 0.3 is 0 Å². The summed E-state index contributed by atoms with van der Waals surface area (Å²) in [5, 5.41) is 8.21. The van der Waals surface area contributed by atoms with Gasteiger partial charge in [0.05, 0.1) is 11.8 Å². The van der Waals surface area contributed by atoms with Crippen LogP contribution in [0.15, 0.2) is 16.7 Å². The molecule has 0 saturated carbocycles. The molecule has 0 spiro atoms. The Bertz CT molecular complexity index is 261. The summed E-state index contributed by atoms with van der Waals surface area (Å²) in [4.78, 5) is 0. The summed E-state index contributed by atoms with van der Waals surface area (Å²) in [6.07, 6.45) is -1.63. The van der Waals surface area contributed by atoms with Crippen molar-refractivity contribution >= 4 is 0 Å². The molecule has 0 fully saturated rings. The first-order valence-electron chi connectivity index (χ1n) is 2.51. The fraction of sp³-hybridized carbons (Fsp3) is 0.167. The lowest BCUT2D eigenvalue weighted by molar-refractivity contribution is 0.121. The molecule has 0 bridgehead atoms. The van der Waals surface area contributed by atoms with Crippen LogP contribution in [0.5, 0.6) is 0 Å². The Morgan fingerprint density at radius 2 is 2.30 bits per heavy atom. The zero-order valence-corrected chi connectivity index (χ0v) is 4.84. The van der Waals surface area contributed by atoms with E-state index in [0.717, 1.165) is 6.26 Å². The van der Waals surface area contributed by atoms with Crippen molar-refractivity contribution in [2.24, 2.45) is 0 Å². The third-order valence-electron chi connectivity index (χ3n) is 1.01. The molecule has 0 atom stereocenters. The summed E-state index contributed by atoms with van der Waals surface area (Å²) in [7, 11) is 0. The maximum absolute atomic E-state index is 11.8. The molecule has 0 saturated heterocycles. The molecule has 0 aliphatic rings. The predicted octanol–water partition coefficient (Wildman–Crippen LogP) is 2.09. The Labute approximate surface area is 55.7 Å². The van der Waals surface area contributed by atoms with Crippen molar-refractivity contribution in [3.05, 3.63) is 23.7 Å². The van der Waals surface area contributed by atoms with Gasteiger partial charge in [0, 0.05) is 0 Å². The van der Waals surface area contributed by atoms with E-state index >= 15 is 0 Å². The Kier molecular flexibility index (Phi) is 1.67. The van der Waals surface area contributed by atoms with E-state index in [4.69, 9.17) is 5.26 Å². The molecule has 2 nitrogen and oxygen atoms in total. The van der Waals surface area contributed by atoms with Crippen molar-refractivity contribution in [2.45, 2.75) is 6.43 Å². The summed E-state index contributed by atoms with van der Waals surface area (Å²) in [6, 6.07) is 2.79. The average Bonchev–Trinajstić information content (AvgIpc) is 2.33. The second-order valence-corrected chi connectivity index (χ2v) is 1.61. The minimum atomic E-state index is -2.70. The molecule has 0 aliphatic carbocycles. The van der Waals surface area contributed by atoms with Crippen LogP contribution in [0.2, 0.25) is 0 Å². The van der Waals surface area contributed by atoms with Gasteiger partial charge in [0.25, 0.3) is 6.43 Å². The van der Waals surface area contributed by atoms with Gasteiger partial charge in [-0.2, -0.15) is 5.26 Å². The standard InChI is InChI=1S/C6H3F2NO/c7-6(8)5-4(3-9)1-2-10-5/h1-2,6H. The zero-order valence-electron chi connectivity index (χ0n) is 4.84. The van der Waals surface area contributed by atoms with E-state index in [-0.39, 0.29) is 5.56 Å². The Morgan fingerprint density at radius 3 is 2.70 bits per heavy atom. The summed E-state index contributed by atoms with van der Waals surface area (Å²) in [6.45, 7) is 0. The van der Waals surface area contributed by atoms with Crippen molar-refractivity contribution < 1.29 is 13.2 Å². The van der Waals surface area contributed by atoms with Crippen LogP contribution in [-0.2, 0) is 0 Å². The highest BCUT2D eigenvalue weighted by Crippen LogP contribution is 2.22. The second-order valence-electron chi connectivity index (χ2n) is 1.61. The molecular formula is C6H3F2NO. The van der Waals surface area contributed by atoms with Crippen molar-refractivity contribution in [3.63, 3.8) is 0 Å². The molecule has 4 heteroatoms. The van der Waals surface area contributed by atoms with Gasteiger partial charge in [-0.15, -0.1) is 0 Å². The quantitative estimate of drug-likeness (QED) is 0.603. The molecule has 1 aromatic heterocycles. The van der Waals surface area contributed by atoms with Crippen LogP contribution in [0.25, 0.3) is 0 Å². The van der Waals surface area contributed by atoms with Gasteiger partial charge in [-0.05, 0) is 6.07 Å². The van der Waals surface area contributed by atoms with Crippen molar-refractivity contribution in [1.82, 2.24) is 0 Å². The van der Waals surface area contributed by atoms with Gasteiger partial charge in [0.2, 0.25) is 0 Å². The van der Waals surface area contributed by atoms with Crippen LogP contribution >= 0.6 is 0 Å². The molecule has 52 valence electrons.